The molecule has 0 aliphatic heterocycles. The molecule has 0 aliphatic rings. The normalized spacial score (nSPS) is 10.4. The average molecular weight is 353 g/mol. The number of rotatable bonds is 3. The molecule has 0 spiro atoms. The summed E-state index contributed by atoms with van der Waals surface area (Å²) in [6.45, 7) is 2.60. The van der Waals surface area contributed by atoms with Crippen LogP contribution in [0.25, 0.3) is 0 Å². The van der Waals surface area contributed by atoms with E-state index in [1.807, 2.05) is 37.3 Å². The third-order valence-corrected chi connectivity index (χ3v) is 3.87. The molecule has 2 aromatic carbocycles. The van der Waals surface area contributed by atoms with Gasteiger partial charge in [0.15, 0.2) is 0 Å². The third-order valence-electron chi connectivity index (χ3n) is 3.05. The van der Waals surface area contributed by atoms with Gasteiger partial charge in [-0.05, 0) is 30.7 Å². The van der Waals surface area contributed by atoms with Crippen LogP contribution in [0.5, 0.6) is 0 Å². The van der Waals surface area contributed by atoms with Crippen molar-refractivity contribution in [3.63, 3.8) is 0 Å². The zero-order valence-corrected chi connectivity index (χ0v) is 13.7. The highest BCUT2D eigenvalue weighted by Gasteiger charge is 2.15. The number of aryl methyl sites for hydroxylation is 1. The summed E-state index contributed by atoms with van der Waals surface area (Å²) in [5.41, 5.74) is 2.81. The Morgan fingerprint density at radius 3 is 2.50 bits per heavy atom. The monoisotopic (exact) mass is 351 g/mol. The second kappa shape index (κ2) is 6.42. The number of carbonyl (C=O) groups is 1. The molecule has 0 N–H and O–H groups in total. The van der Waals surface area contributed by atoms with Gasteiger partial charge in [0, 0.05) is 18.1 Å². The van der Waals surface area contributed by atoms with E-state index in [1.165, 1.54) is 5.56 Å². The second-order valence-electron chi connectivity index (χ2n) is 4.77. The Hall–Kier alpha value is -1.32. The van der Waals surface area contributed by atoms with Gasteiger partial charge in [-0.3, -0.25) is 4.79 Å². The summed E-state index contributed by atoms with van der Waals surface area (Å²) in [7, 11) is 1.78. The maximum atomic E-state index is 12.4. The minimum atomic E-state index is -0.0862. The molecule has 0 radical (unpaired) electrons. The zero-order valence-electron chi connectivity index (χ0n) is 11.4. The van der Waals surface area contributed by atoms with E-state index in [1.54, 1.807) is 24.1 Å². The molecular weight excluding hydrogens is 338 g/mol. The molecule has 20 heavy (non-hydrogen) atoms. The van der Waals surface area contributed by atoms with Crippen molar-refractivity contribution in [2.45, 2.75) is 13.5 Å². The van der Waals surface area contributed by atoms with Crippen molar-refractivity contribution >= 4 is 33.4 Å². The highest BCUT2D eigenvalue weighted by Crippen LogP contribution is 2.22. The molecule has 2 aromatic rings. The summed E-state index contributed by atoms with van der Waals surface area (Å²) in [4.78, 5) is 14.1. The van der Waals surface area contributed by atoms with Gasteiger partial charge in [0.05, 0.1) is 10.6 Å². The largest absolute Gasteiger partial charge is 0.337 e. The molecule has 0 saturated carbocycles. The lowest BCUT2D eigenvalue weighted by Crippen LogP contribution is -2.26. The van der Waals surface area contributed by atoms with Crippen molar-refractivity contribution in [2.75, 3.05) is 7.05 Å². The number of nitrogens with zero attached hydrogens (tertiary/aromatic N) is 1. The van der Waals surface area contributed by atoms with E-state index in [4.69, 9.17) is 11.6 Å². The summed E-state index contributed by atoms with van der Waals surface area (Å²) < 4.78 is 0.842. The summed E-state index contributed by atoms with van der Waals surface area (Å²) in [5, 5.41) is 0.467. The topological polar surface area (TPSA) is 20.3 Å². The number of hydrogen-bond donors (Lipinski definition) is 0. The van der Waals surface area contributed by atoms with Crippen LogP contribution in [0, 0.1) is 6.92 Å². The van der Waals surface area contributed by atoms with Crippen molar-refractivity contribution in [1.82, 2.24) is 4.90 Å². The van der Waals surface area contributed by atoms with Crippen LogP contribution in [0.15, 0.2) is 46.9 Å². The van der Waals surface area contributed by atoms with Crippen molar-refractivity contribution in [3.8, 4) is 0 Å². The molecule has 0 fully saturated rings. The molecule has 0 aliphatic carbocycles. The van der Waals surface area contributed by atoms with E-state index in [2.05, 4.69) is 15.9 Å². The van der Waals surface area contributed by atoms with Gasteiger partial charge in [-0.1, -0.05) is 57.4 Å². The number of carbonyl (C=O) groups excluding carboxylic acids is 1. The number of halogens is 2. The van der Waals surface area contributed by atoms with Crippen molar-refractivity contribution < 1.29 is 4.79 Å². The molecule has 1 amide bonds. The number of benzene rings is 2. The lowest BCUT2D eigenvalue weighted by molar-refractivity contribution is 0.0785. The van der Waals surface area contributed by atoms with Crippen LogP contribution in [0.1, 0.15) is 21.5 Å². The van der Waals surface area contributed by atoms with Crippen molar-refractivity contribution in [1.29, 1.82) is 0 Å². The van der Waals surface area contributed by atoms with Crippen LogP contribution in [-0.4, -0.2) is 17.9 Å². The van der Waals surface area contributed by atoms with E-state index in [0.29, 0.717) is 17.1 Å². The molecule has 2 nitrogen and oxygen atoms in total. The van der Waals surface area contributed by atoms with Gasteiger partial charge >= 0.3 is 0 Å². The molecule has 2 rings (SSSR count). The second-order valence-corrected chi connectivity index (χ2v) is 6.09. The molecule has 0 saturated heterocycles. The van der Waals surface area contributed by atoms with E-state index in [-0.39, 0.29) is 5.91 Å². The van der Waals surface area contributed by atoms with Crippen LogP contribution in [0.3, 0.4) is 0 Å². The fourth-order valence-electron chi connectivity index (χ4n) is 1.91. The van der Waals surface area contributed by atoms with Crippen LogP contribution in [0.4, 0.5) is 0 Å². The van der Waals surface area contributed by atoms with Crippen LogP contribution in [-0.2, 0) is 6.54 Å². The Balaban J connectivity index is 2.16. The standard InChI is InChI=1S/C16H15BrClNO/c1-11-3-5-12(6-4-11)10-19(2)16(20)14-9-13(17)7-8-15(14)18/h3-9H,10H2,1-2H3. The SMILES string of the molecule is Cc1ccc(CN(C)C(=O)c2cc(Br)ccc2Cl)cc1. The lowest BCUT2D eigenvalue weighted by Gasteiger charge is -2.18. The Kier molecular flexibility index (Phi) is 4.84. The quantitative estimate of drug-likeness (QED) is 0.785. The number of hydrogen-bond acceptors (Lipinski definition) is 1. The van der Waals surface area contributed by atoms with Gasteiger partial charge in [-0.2, -0.15) is 0 Å². The zero-order chi connectivity index (χ0) is 14.7. The highest BCUT2D eigenvalue weighted by molar-refractivity contribution is 9.10. The first kappa shape index (κ1) is 15.1. The van der Waals surface area contributed by atoms with Gasteiger partial charge in [-0.25, -0.2) is 0 Å². The predicted octanol–water partition coefficient (Wildman–Crippen LogP) is 4.68. The summed E-state index contributed by atoms with van der Waals surface area (Å²) in [5.74, 6) is -0.0862. The van der Waals surface area contributed by atoms with Gasteiger partial charge < -0.3 is 4.90 Å². The van der Waals surface area contributed by atoms with E-state index in [0.717, 1.165) is 10.0 Å². The Morgan fingerprint density at radius 2 is 1.85 bits per heavy atom. The summed E-state index contributed by atoms with van der Waals surface area (Å²) in [6, 6.07) is 13.4. The van der Waals surface area contributed by atoms with Crippen molar-refractivity contribution in [3.05, 3.63) is 68.7 Å². The van der Waals surface area contributed by atoms with Gasteiger partial charge in [-0.15, -0.1) is 0 Å². The highest BCUT2D eigenvalue weighted by atomic mass is 79.9. The summed E-state index contributed by atoms with van der Waals surface area (Å²) >= 11 is 9.45. The van der Waals surface area contributed by atoms with Crippen LogP contribution < -0.4 is 0 Å². The van der Waals surface area contributed by atoms with E-state index >= 15 is 0 Å². The van der Waals surface area contributed by atoms with Gasteiger partial charge in [0.2, 0.25) is 0 Å². The van der Waals surface area contributed by atoms with Crippen molar-refractivity contribution in [2.24, 2.45) is 0 Å². The first-order valence-electron chi connectivity index (χ1n) is 6.23. The minimum absolute atomic E-state index is 0.0862. The van der Waals surface area contributed by atoms with E-state index in [9.17, 15) is 4.79 Å². The Labute approximate surface area is 132 Å². The van der Waals surface area contributed by atoms with Crippen LogP contribution >= 0.6 is 27.5 Å². The molecule has 0 heterocycles. The minimum Gasteiger partial charge on any atom is -0.337 e. The fourth-order valence-corrected chi connectivity index (χ4v) is 2.47. The molecule has 0 aromatic heterocycles. The molecular formula is C16H15BrClNO. The fraction of sp³-hybridized carbons (Fsp3) is 0.188. The lowest BCUT2D eigenvalue weighted by atomic mass is 10.1. The smallest absolute Gasteiger partial charge is 0.255 e. The van der Waals surface area contributed by atoms with Crippen LogP contribution in [0.2, 0.25) is 5.02 Å². The maximum Gasteiger partial charge on any atom is 0.255 e. The third kappa shape index (κ3) is 3.62. The van der Waals surface area contributed by atoms with E-state index < -0.39 is 0 Å². The molecule has 0 bridgehead atoms. The first-order chi connectivity index (χ1) is 9.47. The number of amides is 1. The maximum absolute atomic E-state index is 12.4. The predicted molar refractivity (Wildman–Crippen MR) is 86.1 cm³/mol. The average Bonchev–Trinajstić information content (AvgIpc) is 2.43. The summed E-state index contributed by atoms with van der Waals surface area (Å²) in [6.07, 6.45) is 0. The molecule has 0 atom stereocenters. The molecule has 0 unspecified atom stereocenters. The molecule has 4 heteroatoms. The molecule has 104 valence electrons. The Morgan fingerprint density at radius 1 is 1.20 bits per heavy atom. The van der Waals surface area contributed by atoms with Gasteiger partial charge in [0.25, 0.3) is 5.91 Å². The van der Waals surface area contributed by atoms with Gasteiger partial charge in [0.1, 0.15) is 0 Å². The first-order valence-corrected chi connectivity index (χ1v) is 7.40. The Bertz CT molecular complexity index is 625.